The van der Waals surface area contributed by atoms with E-state index in [0.29, 0.717) is 11.6 Å². The minimum atomic E-state index is 0.123. The van der Waals surface area contributed by atoms with E-state index in [9.17, 15) is 0 Å². The summed E-state index contributed by atoms with van der Waals surface area (Å²) in [4.78, 5) is 6.51. The summed E-state index contributed by atoms with van der Waals surface area (Å²) in [6, 6.07) is 5.87. The molecule has 0 saturated carbocycles. The monoisotopic (exact) mass is 307 g/mol. The molecule has 0 bridgehead atoms. The Labute approximate surface area is 131 Å². The second kappa shape index (κ2) is 6.96. The molecule has 0 N–H and O–H groups in total. The van der Waals surface area contributed by atoms with Crippen LogP contribution in [0.2, 0.25) is 5.02 Å². The van der Waals surface area contributed by atoms with Crippen molar-refractivity contribution in [2.45, 2.75) is 12.8 Å². The fraction of sp³-hybridized carbons (Fsp3) is 0.438. The lowest BCUT2D eigenvalue weighted by atomic mass is 9.99. The average Bonchev–Trinajstić information content (AvgIpc) is 2.85. The molecule has 0 fully saturated rings. The van der Waals surface area contributed by atoms with Crippen molar-refractivity contribution in [1.29, 1.82) is 0 Å². The van der Waals surface area contributed by atoms with Crippen LogP contribution in [0.25, 0.3) is 0 Å². The van der Waals surface area contributed by atoms with Crippen LogP contribution in [-0.4, -0.2) is 41.7 Å². The number of imidazole rings is 1. The van der Waals surface area contributed by atoms with Gasteiger partial charge >= 0.3 is 0 Å². The third-order valence-corrected chi connectivity index (χ3v) is 3.79. The van der Waals surface area contributed by atoms with Crippen molar-refractivity contribution in [3.8, 4) is 5.75 Å². The van der Waals surface area contributed by atoms with E-state index in [1.54, 1.807) is 0 Å². The number of rotatable bonds is 6. The van der Waals surface area contributed by atoms with Crippen molar-refractivity contribution in [2.24, 2.45) is 7.05 Å². The molecule has 0 aliphatic rings. The summed E-state index contributed by atoms with van der Waals surface area (Å²) in [5.41, 5.74) is 1.07. The van der Waals surface area contributed by atoms with E-state index in [4.69, 9.17) is 16.3 Å². The van der Waals surface area contributed by atoms with Crippen LogP contribution in [0.3, 0.4) is 0 Å². The molecule has 0 amide bonds. The molecule has 0 aliphatic carbocycles. The molecule has 1 atom stereocenters. The first-order valence-corrected chi connectivity index (χ1v) is 7.41. The highest BCUT2D eigenvalue weighted by Gasteiger charge is 2.19. The van der Waals surface area contributed by atoms with E-state index in [2.05, 4.69) is 22.9 Å². The van der Waals surface area contributed by atoms with E-state index in [1.807, 2.05) is 50.2 Å². The molecular weight excluding hydrogens is 286 g/mol. The molecule has 0 spiro atoms. The number of hydrogen-bond acceptors (Lipinski definition) is 3. The van der Waals surface area contributed by atoms with Crippen LogP contribution < -0.4 is 4.74 Å². The fourth-order valence-corrected chi connectivity index (χ4v) is 2.52. The number of nitrogens with zero attached hydrogens (tertiary/aromatic N) is 3. The minimum absolute atomic E-state index is 0.123. The van der Waals surface area contributed by atoms with Gasteiger partial charge in [0.05, 0.1) is 5.02 Å². The number of aryl methyl sites for hydroxylation is 1. The Morgan fingerprint density at radius 1 is 1.38 bits per heavy atom. The van der Waals surface area contributed by atoms with Crippen molar-refractivity contribution < 1.29 is 4.74 Å². The lowest BCUT2D eigenvalue weighted by molar-refractivity contribution is 0.259. The lowest BCUT2D eigenvalue weighted by Gasteiger charge is -2.19. The standard InChI is InChI=1S/C16H22ClN3O/c1-12(16-18-8-9-20(16)4)13-6-5-7-14(17)15(13)21-11-10-19(2)3/h5-9,12H,10-11H2,1-4H3. The summed E-state index contributed by atoms with van der Waals surface area (Å²) in [5, 5.41) is 0.646. The number of benzene rings is 1. The van der Waals surface area contributed by atoms with E-state index >= 15 is 0 Å². The van der Waals surface area contributed by atoms with Crippen molar-refractivity contribution in [1.82, 2.24) is 14.5 Å². The maximum absolute atomic E-state index is 6.32. The van der Waals surface area contributed by atoms with Gasteiger partial charge in [-0.1, -0.05) is 30.7 Å². The van der Waals surface area contributed by atoms with Gasteiger partial charge in [-0.2, -0.15) is 0 Å². The van der Waals surface area contributed by atoms with Gasteiger partial charge in [0.15, 0.2) is 0 Å². The number of hydrogen-bond donors (Lipinski definition) is 0. The number of halogens is 1. The van der Waals surface area contributed by atoms with Gasteiger partial charge in [0.1, 0.15) is 18.2 Å². The zero-order valence-electron chi connectivity index (χ0n) is 13.0. The summed E-state index contributed by atoms with van der Waals surface area (Å²) in [5.74, 6) is 1.88. The molecule has 2 rings (SSSR count). The summed E-state index contributed by atoms with van der Waals surface area (Å²) in [7, 11) is 6.04. The molecule has 1 heterocycles. The summed E-state index contributed by atoms with van der Waals surface area (Å²) in [6.07, 6.45) is 3.76. The van der Waals surface area contributed by atoms with Crippen molar-refractivity contribution in [2.75, 3.05) is 27.2 Å². The van der Waals surface area contributed by atoms with Crippen LogP contribution in [0.1, 0.15) is 24.2 Å². The number of ether oxygens (including phenoxy) is 1. The predicted octanol–water partition coefficient (Wildman–Crippen LogP) is 3.17. The van der Waals surface area contributed by atoms with Gasteiger partial charge in [-0.25, -0.2) is 4.98 Å². The van der Waals surface area contributed by atoms with Gasteiger partial charge in [-0.05, 0) is 20.2 Å². The van der Waals surface area contributed by atoms with Crippen LogP contribution in [0.4, 0.5) is 0 Å². The zero-order valence-corrected chi connectivity index (χ0v) is 13.8. The summed E-state index contributed by atoms with van der Waals surface area (Å²) < 4.78 is 7.95. The number of likely N-dealkylation sites (N-methyl/N-ethyl adjacent to an activating group) is 1. The summed E-state index contributed by atoms with van der Waals surface area (Å²) >= 11 is 6.32. The van der Waals surface area contributed by atoms with Gasteiger partial charge in [0.25, 0.3) is 0 Å². The third kappa shape index (κ3) is 3.77. The highest BCUT2D eigenvalue weighted by Crippen LogP contribution is 2.36. The van der Waals surface area contributed by atoms with Crippen molar-refractivity contribution in [3.05, 3.63) is 47.0 Å². The molecule has 4 nitrogen and oxygen atoms in total. The quantitative estimate of drug-likeness (QED) is 0.821. The molecular formula is C16H22ClN3O. The first-order valence-electron chi connectivity index (χ1n) is 7.04. The van der Waals surface area contributed by atoms with E-state index < -0.39 is 0 Å². The van der Waals surface area contributed by atoms with Gasteiger partial charge in [-0.15, -0.1) is 0 Å². The molecule has 5 heteroatoms. The fourth-order valence-electron chi connectivity index (χ4n) is 2.28. The molecule has 0 saturated heterocycles. The Morgan fingerprint density at radius 3 is 2.76 bits per heavy atom. The highest BCUT2D eigenvalue weighted by molar-refractivity contribution is 6.32. The highest BCUT2D eigenvalue weighted by atomic mass is 35.5. The number of para-hydroxylation sites is 1. The molecule has 0 radical (unpaired) electrons. The first kappa shape index (κ1) is 15.9. The third-order valence-electron chi connectivity index (χ3n) is 3.49. The molecule has 21 heavy (non-hydrogen) atoms. The molecule has 1 unspecified atom stereocenters. The SMILES string of the molecule is CC(c1cccc(Cl)c1OCCN(C)C)c1nccn1C. The van der Waals surface area contributed by atoms with Gasteiger partial charge in [-0.3, -0.25) is 0 Å². The Hall–Kier alpha value is -1.52. The van der Waals surface area contributed by atoms with Crippen molar-refractivity contribution in [3.63, 3.8) is 0 Å². The van der Waals surface area contributed by atoms with Gasteiger partial charge in [0.2, 0.25) is 0 Å². The Kier molecular flexibility index (Phi) is 5.26. The Balaban J connectivity index is 2.26. The average molecular weight is 308 g/mol. The maximum Gasteiger partial charge on any atom is 0.141 e. The second-order valence-corrected chi connectivity index (χ2v) is 5.84. The topological polar surface area (TPSA) is 30.3 Å². The van der Waals surface area contributed by atoms with Crippen LogP contribution in [0.5, 0.6) is 5.75 Å². The largest absolute Gasteiger partial charge is 0.490 e. The second-order valence-electron chi connectivity index (χ2n) is 5.43. The van der Waals surface area contributed by atoms with Crippen LogP contribution in [0.15, 0.2) is 30.6 Å². The molecule has 1 aromatic heterocycles. The lowest BCUT2D eigenvalue weighted by Crippen LogP contribution is -2.20. The Morgan fingerprint density at radius 2 is 2.14 bits per heavy atom. The van der Waals surface area contributed by atoms with Gasteiger partial charge < -0.3 is 14.2 Å². The first-order chi connectivity index (χ1) is 10.0. The van der Waals surface area contributed by atoms with E-state index in [0.717, 1.165) is 23.7 Å². The molecule has 114 valence electrons. The normalized spacial score (nSPS) is 12.7. The molecule has 2 aromatic rings. The Bertz CT molecular complexity index is 595. The predicted molar refractivity (Wildman–Crippen MR) is 86.2 cm³/mol. The van der Waals surface area contributed by atoms with Crippen LogP contribution >= 0.6 is 11.6 Å². The minimum Gasteiger partial charge on any atom is -0.490 e. The van der Waals surface area contributed by atoms with E-state index in [1.165, 1.54) is 0 Å². The summed E-state index contributed by atoms with van der Waals surface area (Å²) in [6.45, 7) is 3.57. The van der Waals surface area contributed by atoms with Crippen molar-refractivity contribution >= 4 is 11.6 Å². The maximum atomic E-state index is 6.32. The molecule has 1 aromatic carbocycles. The van der Waals surface area contributed by atoms with Gasteiger partial charge in [0, 0.05) is 37.5 Å². The van der Waals surface area contributed by atoms with Crippen LogP contribution in [0, 0.1) is 0 Å². The number of aromatic nitrogens is 2. The van der Waals surface area contributed by atoms with E-state index in [-0.39, 0.29) is 5.92 Å². The smallest absolute Gasteiger partial charge is 0.141 e. The zero-order chi connectivity index (χ0) is 15.4. The molecule has 0 aliphatic heterocycles. The van der Waals surface area contributed by atoms with Crippen LogP contribution in [-0.2, 0) is 7.05 Å².